The van der Waals surface area contributed by atoms with Gasteiger partial charge in [-0.25, -0.2) is 9.79 Å². The van der Waals surface area contributed by atoms with Crippen molar-refractivity contribution in [1.82, 2.24) is 0 Å². The summed E-state index contributed by atoms with van der Waals surface area (Å²) in [6.07, 6.45) is 1.20. The number of aliphatic hydroxyl groups is 1. The molecule has 0 aliphatic carbocycles. The van der Waals surface area contributed by atoms with E-state index in [1.807, 2.05) is 45.9 Å². The lowest BCUT2D eigenvalue weighted by Gasteiger charge is -2.22. The molecule has 156 valence electrons. The van der Waals surface area contributed by atoms with Gasteiger partial charge in [-0.2, -0.15) is 10.5 Å². The van der Waals surface area contributed by atoms with Gasteiger partial charge in [0.25, 0.3) is 0 Å². The van der Waals surface area contributed by atoms with Gasteiger partial charge in [0, 0.05) is 7.11 Å². The largest absolute Gasteiger partial charge is 0.460 e. The third-order valence-corrected chi connectivity index (χ3v) is 4.03. The number of hydrogen-bond acceptors (Lipinski definition) is 6. The summed E-state index contributed by atoms with van der Waals surface area (Å²) in [6, 6.07) is 10.2. The third kappa shape index (κ3) is 7.73. The number of nitrogens with two attached hydrogens (primary N) is 1. The number of carbonyl (C=O) groups excluding carboxylic acids is 1. The molecule has 0 saturated carbocycles. The van der Waals surface area contributed by atoms with E-state index in [2.05, 4.69) is 22.1 Å². The smallest absolute Gasteiger partial charge is 0.373 e. The molecule has 3 N–H and O–H groups in total. The van der Waals surface area contributed by atoms with Crippen molar-refractivity contribution < 1.29 is 14.6 Å². The van der Waals surface area contributed by atoms with Gasteiger partial charge in [-0.1, -0.05) is 18.2 Å². The number of nitriles is 2. The highest BCUT2D eigenvalue weighted by atomic mass is 16.5. The summed E-state index contributed by atoms with van der Waals surface area (Å²) in [5, 5.41) is 25.9. The Morgan fingerprint density at radius 1 is 1.14 bits per heavy atom. The number of nitrogens with zero attached hydrogens (tertiary/aromatic N) is 4. The minimum absolute atomic E-state index is 0.213. The molecule has 0 saturated heterocycles. The number of benzene rings is 1. The molecule has 29 heavy (non-hydrogen) atoms. The second-order valence-corrected chi connectivity index (χ2v) is 7.08. The second kappa shape index (κ2) is 11.6. The summed E-state index contributed by atoms with van der Waals surface area (Å²) in [6.45, 7) is 9.45. The number of carbonyl (C=O) groups is 1. The Morgan fingerprint density at radius 3 is 2.03 bits per heavy atom. The van der Waals surface area contributed by atoms with Crippen molar-refractivity contribution in [2.45, 2.75) is 52.0 Å². The maximum Gasteiger partial charge on any atom is 0.373 e. The molecule has 1 rings (SSSR count). The van der Waals surface area contributed by atoms with Gasteiger partial charge in [-0.15, -0.1) is 0 Å². The van der Waals surface area contributed by atoms with E-state index in [0.29, 0.717) is 0 Å². The Balaban J connectivity index is 0.00000379. The molecule has 0 amide bonds. The molecule has 0 radical (unpaired) electrons. The van der Waals surface area contributed by atoms with Gasteiger partial charge in [-0.3, -0.25) is 4.99 Å². The van der Waals surface area contributed by atoms with Crippen molar-refractivity contribution in [3.63, 3.8) is 0 Å². The lowest BCUT2D eigenvalue weighted by Crippen LogP contribution is -2.26. The minimum Gasteiger partial charge on any atom is -0.460 e. The molecule has 0 unspecified atom stereocenters. The van der Waals surface area contributed by atoms with Crippen molar-refractivity contribution >= 4 is 18.1 Å². The lowest BCUT2D eigenvalue weighted by molar-refractivity contribution is -0.135. The Bertz CT molecular complexity index is 799. The van der Waals surface area contributed by atoms with Crippen molar-refractivity contribution in [1.29, 1.82) is 10.5 Å². The zero-order valence-corrected chi connectivity index (χ0v) is 17.9. The molecule has 0 bridgehead atoms. The molecule has 0 spiro atoms. The van der Waals surface area contributed by atoms with Crippen LogP contribution in [0, 0.1) is 22.7 Å². The summed E-state index contributed by atoms with van der Waals surface area (Å²) < 4.78 is 4.73. The number of aliphatic imine (C=N–C) groups is 2. The van der Waals surface area contributed by atoms with E-state index in [9.17, 15) is 15.3 Å². The molecule has 1 aromatic rings. The second-order valence-electron chi connectivity index (χ2n) is 7.08. The SMILES string of the molecule is CCOC(=O)C(N)=NC=NCc1cc(C(C)(C)C#N)cc(C(C)(C)C#N)c1.CO. The molecule has 0 aliphatic heterocycles. The van der Waals surface area contributed by atoms with Crippen molar-refractivity contribution in [3.8, 4) is 12.1 Å². The Hall–Kier alpha value is -3.23. The van der Waals surface area contributed by atoms with Gasteiger partial charge in [0.05, 0.1) is 36.1 Å². The van der Waals surface area contributed by atoms with Crippen molar-refractivity contribution in [2.75, 3.05) is 13.7 Å². The van der Waals surface area contributed by atoms with Crippen LogP contribution in [0.3, 0.4) is 0 Å². The number of esters is 1. The minimum atomic E-state index is -0.702. The Labute approximate surface area is 172 Å². The van der Waals surface area contributed by atoms with E-state index in [-0.39, 0.29) is 19.0 Å². The Morgan fingerprint density at radius 2 is 1.62 bits per heavy atom. The van der Waals surface area contributed by atoms with E-state index in [4.69, 9.17) is 15.6 Å². The molecule has 0 heterocycles. The molecular weight excluding hydrogens is 370 g/mol. The van der Waals surface area contributed by atoms with Gasteiger partial charge in [-0.05, 0) is 51.3 Å². The monoisotopic (exact) mass is 399 g/mol. The van der Waals surface area contributed by atoms with Crippen molar-refractivity contribution in [3.05, 3.63) is 34.9 Å². The summed E-state index contributed by atoms with van der Waals surface area (Å²) in [4.78, 5) is 19.3. The van der Waals surface area contributed by atoms with Crippen LogP contribution in [0.25, 0.3) is 0 Å². The van der Waals surface area contributed by atoms with Gasteiger partial charge >= 0.3 is 5.97 Å². The van der Waals surface area contributed by atoms with Crippen LogP contribution in [0.2, 0.25) is 0 Å². The number of ether oxygens (including phenoxy) is 1. The standard InChI is InChI=1S/C20H25N5O2.CH4O/c1-6-27-18(26)17(23)25-13-24-10-14-7-15(19(2,3)11-21)9-16(8-14)20(4,5)12-22;1-2/h7-9,13H,6,10H2,1-5H3,(H2,23,24,25);2H,1H3. The first-order valence-electron chi connectivity index (χ1n) is 8.98. The van der Waals surface area contributed by atoms with Crippen LogP contribution in [0.4, 0.5) is 0 Å². The average Bonchev–Trinajstić information content (AvgIpc) is 2.72. The lowest BCUT2D eigenvalue weighted by atomic mass is 9.79. The van der Waals surface area contributed by atoms with E-state index in [1.165, 1.54) is 6.34 Å². The summed E-state index contributed by atoms with van der Waals surface area (Å²) in [5.41, 5.74) is 6.54. The number of aliphatic hydroxyl groups excluding tert-OH is 1. The van der Waals surface area contributed by atoms with E-state index in [1.54, 1.807) is 6.92 Å². The number of rotatable bonds is 6. The number of amidine groups is 1. The van der Waals surface area contributed by atoms with Gasteiger partial charge in [0.1, 0.15) is 6.34 Å². The van der Waals surface area contributed by atoms with E-state index < -0.39 is 16.8 Å². The topological polar surface area (TPSA) is 145 Å². The fourth-order valence-electron chi connectivity index (χ4n) is 2.14. The predicted octanol–water partition coefficient (Wildman–Crippen LogP) is 2.35. The molecule has 0 aliphatic rings. The molecule has 8 heteroatoms. The van der Waals surface area contributed by atoms with E-state index in [0.717, 1.165) is 23.8 Å². The highest BCUT2D eigenvalue weighted by molar-refractivity contribution is 6.35. The van der Waals surface area contributed by atoms with Crippen LogP contribution in [0.15, 0.2) is 28.2 Å². The van der Waals surface area contributed by atoms with Crippen molar-refractivity contribution in [2.24, 2.45) is 15.7 Å². The normalized spacial score (nSPS) is 11.8. The van der Waals surface area contributed by atoms with Gasteiger partial charge < -0.3 is 15.6 Å². The predicted molar refractivity (Wildman–Crippen MR) is 112 cm³/mol. The van der Waals surface area contributed by atoms with Gasteiger partial charge in [0.2, 0.25) is 5.84 Å². The molecule has 0 atom stereocenters. The van der Waals surface area contributed by atoms with Crippen LogP contribution in [0.5, 0.6) is 0 Å². The molecule has 0 aromatic heterocycles. The number of hydrogen-bond donors (Lipinski definition) is 2. The van der Waals surface area contributed by atoms with Crippen LogP contribution < -0.4 is 5.73 Å². The maximum atomic E-state index is 11.4. The summed E-state index contributed by atoms with van der Waals surface area (Å²) >= 11 is 0. The summed E-state index contributed by atoms with van der Waals surface area (Å²) in [7, 11) is 1.00. The van der Waals surface area contributed by atoms with Crippen LogP contribution in [-0.2, 0) is 26.9 Å². The first kappa shape index (κ1) is 25.8. The highest BCUT2D eigenvalue weighted by Gasteiger charge is 2.26. The quantitative estimate of drug-likeness (QED) is 0.426. The maximum absolute atomic E-state index is 11.4. The highest BCUT2D eigenvalue weighted by Crippen LogP contribution is 2.30. The first-order chi connectivity index (χ1) is 13.6. The van der Waals surface area contributed by atoms with E-state index >= 15 is 0 Å². The third-order valence-electron chi connectivity index (χ3n) is 4.03. The van der Waals surface area contributed by atoms with Crippen LogP contribution in [-0.4, -0.2) is 37.0 Å². The summed E-state index contributed by atoms with van der Waals surface area (Å²) in [5.74, 6) is -0.967. The average molecular weight is 399 g/mol. The molecule has 0 fully saturated rings. The molecule has 1 aromatic carbocycles. The van der Waals surface area contributed by atoms with Crippen LogP contribution in [0.1, 0.15) is 51.3 Å². The Kier molecular flexibility index (Phi) is 10.3. The molecular formula is C21H29N5O3. The zero-order valence-electron chi connectivity index (χ0n) is 17.9. The van der Waals surface area contributed by atoms with Gasteiger partial charge in [0.15, 0.2) is 0 Å². The van der Waals surface area contributed by atoms with Crippen LogP contribution >= 0.6 is 0 Å². The molecule has 8 nitrogen and oxygen atoms in total. The fourth-order valence-corrected chi connectivity index (χ4v) is 2.14. The fraction of sp³-hybridized carbons (Fsp3) is 0.476. The zero-order chi connectivity index (χ0) is 22.7. The first-order valence-corrected chi connectivity index (χ1v) is 8.98.